The van der Waals surface area contributed by atoms with Crippen LogP contribution in [0.4, 0.5) is 10.5 Å². The average Bonchev–Trinajstić information content (AvgIpc) is 2.83. The molecule has 2 atom stereocenters. The van der Waals surface area contributed by atoms with Gasteiger partial charge in [-0.2, -0.15) is 5.26 Å². The summed E-state index contributed by atoms with van der Waals surface area (Å²) in [6.45, 7) is 5.35. The molecule has 0 radical (unpaired) electrons. The summed E-state index contributed by atoms with van der Waals surface area (Å²) in [7, 11) is 0. The number of nitrogens with zero attached hydrogens (tertiary/aromatic N) is 2. The van der Waals surface area contributed by atoms with Crippen molar-refractivity contribution in [1.29, 1.82) is 5.26 Å². The fourth-order valence-corrected chi connectivity index (χ4v) is 3.69. The molecular weight excluding hydrogens is 496 g/mol. The van der Waals surface area contributed by atoms with Gasteiger partial charge >= 0.3 is 6.09 Å². The predicted molar refractivity (Wildman–Crippen MR) is 140 cm³/mol. The molecule has 194 valence electrons. The Balaban J connectivity index is 2.51. The lowest BCUT2D eigenvalue weighted by molar-refractivity contribution is -0.140. The number of hydrogen-bond acceptors (Lipinski definition) is 6. The highest BCUT2D eigenvalue weighted by atomic mass is 35.5. The summed E-state index contributed by atoms with van der Waals surface area (Å²) in [6.07, 6.45) is 4.50. The first kappa shape index (κ1) is 29.2. The minimum absolute atomic E-state index is 0.285. The van der Waals surface area contributed by atoms with Crippen LogP contribution in [0.25, 0.3) is 0 Å². The van der Waals surface area contributed by atoms with E-state index >= 15 is 0 Å². The highest BCUT2D eigenvalue weighted by Crippen LogP contribution is 2.29. The van der Waals surface area contributed by atoms with Crippen LogP contribution in [-0.2, 0) is 14.3 Å². The summed E-state index contributed by atoms with van der Waals surface area (Å²) in [5, 5.41) is 24.7. The van der Waals surface area contributed by atoms with Gasteiger partial charge < -0.3 is 25.4 Å². The molecule has 0 saturated heterocycles. The number of nitrogens with one attached hydrogen (secondary N) is 2. The smallest absolute Gasteiger partial charge is 0.408 e. The van der Waals surface area contributed by atoms with Gasteiger partial charge in [-0.1, -0.05) is 41.8 Å². The normalized spacial score (nSPS) is 12.3. The van der Waals surface area contributed by atoms with Crippen molar-refractivity contribution in [3.63, 3.8) is 0 Å². The molecule has 10 heteroatoms. The van der Waals surface area contributed by atoms with Gasteiger partial charge in [-0.25, -0.2) is 4.79 Å². The van der Waals surface area contributed by atoms with E-state index in [4.69, 9.17) is 22.8 Å². The van der Waals surface area contributed by atoms with E-state index < -0.39 is 48.7 Å². The monoisotopic (exact) mass is 524 g/mol. The van der Waals surface area contributed by atoms with Crippen molar-refractivity contribution in [3.05, 3.63) is 64.2 Å². The van der Waals surface area contributed by atoms with Gasteiger partial charge in [0.15, 0.2) is 0 Å². The first-order valence-electron chi connectivity index (χ1n) is 11.3. The molecule has 37 heavy (non-hydrogen) atoms. The second-order valence-electron chi connectivity index (χ2n) is 9.10. The first-order chi connectivity index (χ1) is 17.4. The standard InChI is InChI=1S/C27H29ClN4O5/c1-6-18-10-12-19(13-11-18)23(24(34)31-22-17(2)8-7-9-20(22)28)32(15-14-29)25(35)21(16-33)30-26(36)37-27(3,4)5/h1,7-13,21,23,33H,15-16H2,2-5H3,(H,30,36)(H,31,34). The van der Waals surface area contributed by atoms with Crippen LogP contribution in [0.15, 0.2) is 42.5 Å². The Morgan fingerprint density at radius 1 is 1.19 bits per heavy atom. The Morgan fingerprint density at radius 3 is 2.35 bits per heavy atom. The van der Waals surface area contributed by atoms with Crippen LogP contribution in [0, 0.1) is 30.6 Å². The lowest BCUT2D eigenvalue weighted by Crippen LogP contribution is -2.54. The number of carbonyl (C=O) groups excluding carboxylic acids is 3. The Bertz CT molecular complexity index is 1210. The topological polar surface area (TPSA) is 132 Å². The molecule has 0 heterocycles. The molecule has 0 aliphatic carbocycles. The Hall–Kier alpha value is -4.05. The van der Waals surface area contributed by atoms with Gasteiger partial charge in [-0.15, -0.1) is 6.42 Å². The zero-order chi connectivity index (χ0) is 27.8. The van der Waals surface area contributed by atoms with E-state index in [-0.39, 0.29) is 5.02 Å². The second kappa shape index (κ2) is 12.8. The predicted octanol–water partition coefficient (Wildman–Crippen LogP) is 3.55. The molecular formula is C27H29ClN4O5. The summed E-state index contributed by atoms with van der Waals surface area (Å²) in [6, 6.07) is 10.4. The molecule has 0 saturated carbocycles. The molecule has 0 spiro atoms. The lowest BCUT2D eigenvalue weighted by Gasteiger charge is -2.32. The Kier molecular flexibility index (Phi) is 10.1. The van der Waals surface area contributed by atoms with Crippen molar-refractivity contribution in [2.75, 3.05) is 18.5 Å². The summed E-state index contributed by atoms with van der Waals surface area (Å²) in [5.74, 6) is 0.943. The number of aliphatic hydroxyl groups excluding tert-OH is 1. The number of alkyl carbamates (subject to hydrolysis) is 1. The number of benzene rings is 2. The fraction of sp³-hybridized carbons (Fsp3) is 0.333. The summed E-state index contributed by atoms with van der Waals surface area (Å²) >= 11 is 6.29. The van der Waals surface area contributed by atoms with E-state index in [0.29, 0.717) is 22.4 Å². The van der Waals surface area contributed by atoms with Crippen LogP contribution < -0.4 is 10.6 Å². The van der Waals surface area contributed by atoms with Crippen molar-refractivity contribution in [2.24, 2.45) is 0 Å². The Labute approximate surface area is 221 Å². The highest BCUT2D eigenvalue weighted by Gasteiger charge is 2.36. The van der Waals surface area contributed by atoms with Crippen molar-refractivity contribution in [2.45, 2.75) is 45.4 Å². The number of rotatable bonds is 8. The molecule has 0 aromatic heterocycles. The van der Waals surface area contributed by atoms with Crippen LogP contribution in [0.3, 0.4) is 0 Å². The van der Waals surface area contributed by atoms with Crippen LogP contribution in [0.2, 0.25) is 5.02 Å². The molecule has 9 nitrogen and oxygen atoms in total. The molecule has 0 bridgehead atoms. The third kappa shape index (κ3) is 7.97. The highest BCUT2D eigenvalue weighted by molar-refractivity contribution is 6.34. The number of carbonyl (C=O) groups is 3. The minimum Gasteiger partial charge on any atom is -0.444 e. The molecule has 2 aromatic rings. The van der Waals surface area contributed by atoms with Crippen LogP contribution in [0.5, 0.6) is 0 Å². The van der Waals surface area contributed by atoms with E-state index in [0.717, 1.165) is 4.90 Å². The number of aryl methyl sites for hydroxylation is 1. The van der Waals surface area contributed by atoms with Crippen molar-refractivity contribution in [1.82, 2.24) is 10.2 Å². The second-order valence-corrected chi connectivity index (χ2v) is 9.50. The third-order valence-corrected chi connectivity index (χ3v) is 5.43. The molecule has 0 aliphatic rings. The van der Waals surface area contributed by atoms with E-state index in [1.165, 1.54) is 0 Å². The zero-order valence-electron chi connectivity index (χ0n) is 21.0. The maximum atomic E-state index is 13.6. The SMILES string of the molecule is C#Cc1ccc(C(C(=O)Nc2c(C)cccc2Cl)N(CC#N)C(=O)C(CO)NC(=O)OC(C)(C)C)cc1. The number of para-hydroxylation sites is 1. The molecule has 3 amide bonds. The van der Waals surface area contributed by atoms with Crippen LogP contribution >= 0.6 is 11.6 Å². The van der Waals surface area contributed by atoms with E-state index in [1.54, 1.807) is 70.2 Å². The average molecular weight is 525 g/mol. The fourth-order valence-electron chi connectivity index (χ4n) is 3.42. The van der Waals surface area contributed by atoms with Crippen LogP contribution in [0.1, 0.15) is 43.5 Å². The van der Waals surface area contributed by atoms with Crippen molar-refractivity contribution in [3.8, 4) is 18.4 Å². The van der Waals surface area contributed by atoms with E-state index in [2.05, 4.69) is 16.6 Å². The van der Waals surface area contributed by atoms with Gasteiger partial charge in [0.05, 0.1) is 23.4 Å². The zero-order valence-corrected chi connectivity index (χ0v) is 21.8. The molecule has 3 N–H and O–H groups in total. The lowest BCUT2D eigenvalue weighted by atomic mass is 10.0. The van der Waals surface area contributed by atoms with Gasteiger partial charge in [-0.3, -0.25) is 9.59 Å². The summed E-state index contributed by atoms with van der Waals surface area (Å²) < 4.78 is 5.17. The van der Waals surface area contributed by atoms with Gasteiger partial charge in [0, 0.05) is 5.56 Å². The molecule has 2 aromatic carbocycles. The van der Waals surface area contributed by atoms with Crippen LogP contribution in [-0.4, -0.2) is 52.7 Å². The van der Waals surface area contributed by atoms with E-state index in [1.807, 2.05) is 6.07 Å². The number of anilines is 1. The van der Waals surface area contributed by atoms with Gasteiger partial charge in [0.1, 0.15) is 24.2 Å². The maximum absolute atomic E-state index is 13.6. The molecule has 2 rings (SSSR count). The minimum atomic E-state index is -1.48. The number of hydrogen-bond donors (Lipinski definition) is 3. The molecule has 0 aliphatic heterocycles. The number of ether oxygens (including phenoxy) is 1. The van der Waals surface area contributed by atoms with Crippen molar-refractivity contribution >= 4 is 35.2 Å². The van der Waals surface area contributed by atoms with Gasteiger partial charge in [0.2, 0.25) is 5.91 Å². The number of terminal acetylenes is 1. The Morgan fingerprint density at radius 2 is 1.84 bits per heavy atom. The first-order valence-corrected chi connectivity index (χ1v) is 11.7. The van der Waals surface area contributed by atoms with Gasteiger partial charge in [-0.05, 0) is 57.0 Å². The van der Waals surface area contributed by atoms with E-state index in [9.17, 15) is 24.8 Å². The third-order valence-electron chi connectivity index (χ3n) is 5.12. The number of amides is 3. The largest absolute Gasteiger partial charge is 0.444 e. The maximum Gasteiger partial charge on any atom is 0.408 e. The van der Waals surface area contributed by atoms with Crippen molar-refractivity contribution < 1.29 is 24.2 Å². The summed E-state index contributed by atoms with van der Waals surface area (Å²) in [5.41, 5.74) is 1.06. The number of aliphatic hydroxyl groups is 1. The molecule has 0 fully saturated rings. The van der Waals surface area contributed by atoms with Gasteiger partial charge in [0.25, 0.3) is 5.91 Å². The number of halogens is 1. The summed E-state index contributed by atoms with van der Waals surface area (Å²) in [4.78, 5) is 40.4. The molecule has 2 unspecified atom stereocenters. The number of nitriles is 1. The quantitative estimate of drug-likeness (QED) is 0.357.